The standard InChI is InChI=1S/C15H16N2O4/c1-21-11-4-2-3-10(9-11)5-7-13(18)16-12-6-8-14(19)17-15(12)20/h2-5,7,9,12H,6,8H2,1H3,(H,16,18)(H,17,19,20)/b7-5+. The molecule has 0 saturated carbocycles. The van der Waals surface area contributed by atoms with Crippen molar-refractivity contribution in [2.75, 3.05) is 7.11 Å². The first-order valence-electron chi connectivity index (χ1n) is 6.55. The van der Waals surface area contributed by atoms with Crippen molar-refractivity contribution in [3.8, 4) is 5.75 Å². The predicted octanol–water partition coefficient (Wildman–Crippen LogP) is 0.630. The van der Waals surface area contributed by atoms with E-state index in [4.69, 9.17) is 4.74 Å². The molecule has 1 heterocycles. The molecule has 110 valence electrons. The summed E-state index contributed by atoms with van der Waals surface area (Å²) in [6, 6.07) is 6.58. The largest absolute Gasteiger partial charge is 0.497 e. The fourth-order valence-corrected chi connectivity index (χ4v) is 1.97. The first-order chi connectivity index (χ1) is 10.1. The smallest absolute Gasteiger partial charge is 0.249 e. The second-order valence-corrected chi connectivity index (χ2v) is 4.62. The number of amides is 3. The maximum absolute atomic E-state index is 11.8. The molecule has 0 aromatic heterocycles. The van der Waals surface area contributed by atoms with E-state index in [2.05, 4.69) is 10.6 Å². The van der Waals surface area contributed by atoms with Gasteiger partial charge >= 0.3 is 0 Å². The van der Waals surface area contributed by atoms with Crippen molar-refractivity contribution in [3.05, 3.63) is 35.9 Å². The third-order valence-corrected chi connectivity index (χ3v) is 3.08. The molecule has 1 aromatic carbocycles. The molecule has 1 aliphatic heterocycles. The molecular weight excluding hydrogens is 272 g/mol. The van der Waals surface area contributed by atoms with Crippen molar-refractivity contribution < 1.29 is 19.1 Å². The second kappa shape index (κ2) is 6.69. The van der Waals surface area contributed by atoms with Gasteiger partial charge in [0.1, 0.15) is 11.8 Å². The number of nitrogens with one attached hydrogen (secondary N) is 2. The van der Waals surface area contributed by atoms with Crippen LogP contribution in [0.25, 0.3) is 6.08 Å². The van der Waals surface area contributed by atoms with Crippen molar-refractivity contribution in [1.82, 2.24) is 10.6 Å². The Morgan fingerprint density at radius 2 is 2.24 bits per heavy atom. The minimum Gasteiger partial charge on any atom is -0.497 e. The second-order valence-electron chi connectivity index (χ2n) is 4.62. The summed E-state index contributed by atoms with van der Waals surface area (Å²) in [6.45, 7) is 0. The van der Waals surface area contributed by atoms with Gasteiger partial charge in [-0.05, 0) is 30.2 Å². The van der Waals surface area contributed by atoms with E-state index in [0.29, 0.717) is 12.2 Å². The average Bonchev–Trinajstić information content (AvgIpc) is 2.48. The van der Waals surface area contributed by atoms with Crippen LogP contribution in [0, 0.1) is 0 Å². The Morgan fingerprint density at radius 3 is 2.95 bits per heavy atom. The van der Waals surface area contributed by atoms with Crippen molar-refractivity contribution in [2.24, 2.45) is 0 Å². The van der Waals surface area contributed by atoms with Crippen molar-refractivity contribution in [3.63, 3.8) is 0 Å². The van der Waals surface area contributed by atoms with Crippen LogP contribution < -0.4 is 15.4 Å². The zero-order valence-corrected chi connectivity index (χ0v) is 11.6. The molecule has 1 unspecified atom stereocenters. The molecule has 2 rings (SSSR count). The number of hydrogen-bond acceptors (Lipinski definition) is 4. The molecule has 1 atom stereocenters. The summed E-state index contributed by atoms with van der Waals surface area (Å²) in [5.41, 5.74) is 0.813. The molecule has 0 radical (unpaired) electrons. The minimum absolute atomic E-state index is 0.232. The molecule has 1 fully saturated rings. The zero-order chi connectivity index (χ0) is 15.2. The summed E-state index contributed by atoms with van der Waals surface area (Å²) in [5.74, 6) is -0.457. The quantitative estimate of drug-likeness (QED) is 0.628. The van der Waals surface area contributed by atoms with Crippen LogP contribution in [0.15, 0.2) is 30.3 Å². The first kappa shape index (κ1) is 14.8. The van der Waals surface area contributed by atoms with E-state index in [1.54, 1.807) is 25.3 Å². The van der Waals surface area contributed by atoms with Gasteiger partial charge in [-0.2, -0.15) is 0 Å². The molecule has 21 heavy (non-hydrogen) atoms. The fourth-order valence-electron chi connectivity index (χ4n) is 1.97. The Bertz CT molecular complexity index is 595. The highest BCUT2D eigenvalue weighted by atomic mass is 16.5. The van der Waals surface area contributed by atoms with Crippen molar-refractivity contribution in [1.29, 1.82) is 0 Å². The zero-order valence-electron chi connectivity index (χ0n) is 11.6. The average molecular weight is 288 g/mol. The van der Waals surface area contributed by atoms with Crippen LogP contribution in [0.5, 0.6) is 5.75 Å². The topological polar surface area (TPSA) is 84.5 Å². The summed E-state index contributed by atoms with van der Waals surface area (Å²) in [5, 5.41) is 4.76. The molecule has 0 spiro atoms. The van der Waals surface area contributed by atoms with E-state index in [9.17, 15) is 14.4 Å². The molecular formula is C15H16N2O4. The molecule has 6 heteroatoms. The van der Waals surface area contributed by atoms with Crippen LogP contribution in [0.2, 0.25) is 0 Å². The molecule has 1 aromatic rings. The van der Waals surface area contributed by atoms with Gasteiger partial charge in [-0.15, -0.1) is 0 Å². The van der Waals surface area contributed by atoms with Gasteiger partial charge in [0.25, 0.3) is 0 Å². The Balaban J connectivity index is 1.93. The van der Waals surface area contributed by atoms with E-state index in [0.717, 1.165) is 5.56 Å². The monoisotopic (exact) mass is 288 g/mol. The lowest BCUT2D eigenvalue weighted by Crippen LogP contribution is -2.51. The number of rotatable bonds is 4. The van der Waals surface area contributed by atoms with E-state index in [-0.39, 0.29) is 18.2 Å². The summed E-state index contributed by atoms with van der Waals surface area (Å²) < 4.78 is 5.09. The number of methoxy groups -OCH3 is 1. The molecule has 6 nitrogen and oxygen atoms in total. The van der Waals surface area contributed by atoms with Gasteiger partial charge in [-0.3, -0.25) is 19.7 Å². The highest BCUT2D eigenvalue weighted by Crippen LogP contribution is 2.13. The third-order valence-electron chi connectivity index (χ3n) is 3.08. The molecule has 1 aliphatic rings. The number of carbonyl (C=O) groups excluding carboxylic acids is 3. The number of ether oxygens (including phenoxy) is 1. The number of carbonyl (C=O) groups is 3. The molecule has 0 bridgehead atoms. The highest BCUT2D eigenvalue weighted by Gasteiger charge is 2.27. The predicted molar refractivity (Wildman–Crippen MR) is 76.3 cm³/mol. The van der Waals surface area contributed by atoms with Crippen LogP contribution in [0.4, 0.5) is 0 Å². The normalized spacial score (nSPS) is 18.4. The Morgan fingerprint density at radius 1 is 1.43 bits per heavy atom. The van der Waals surface area contributed by atoms with Crippen LogP contribution in [0.3, 0.4) is 0 Å². The van der Waals surface area contributed by atoms with E-state index in [1.165, 1.54) is 6.08 Å². The number of benzene rings is 1. The maximum Gasteiger partial charge on any atom is 0.249 e. The van der Waals surface area contributed by atoms with Crippen LogP contribution in [0.1, 0.15) is 18.4 Å². The molecule has 1 saturated heterocycles. The number of piperidine rings is 1. The maximum atomic E-state index is 11.8. The minimum atomic E-state index is -0.662. The first-order valence-corrected chi connectivity index (χ1v) is 6.55. The van der Waals surface area contributed by atoms with Gasteiger partial charge in [-0.25, -0.2) is 0 Å². The fraction of sp³-hybridized carbons (Fsp3) is 0.267. The Kier molecular flexibility index (Phi) is 4.71. The highest BCUT2D eigenvalue weighted by molar-refractivity contribution is 6.03. The van der Waals surface area contributed by atoms with Gasteiger partial charge in [0.05, 0.1) is 7.11 Å². The van der Waals surface area contributed by atoms with Crippen LogP contribution in [-0.4, -0.2) is 30.9 Å². The summed E-state index contributed by atoms with van der Waals surface area (Å²) in [4.78, 5) is 34.3. The summed E-state index contributed by atoms with van der Waals surface area (Å²) in [7, 11) is 1.57. The summed E-state index contributed by atoms with van der Waals surface area (Å²) >= 11 is 0. The number of imide groups is 1. The van der Waals surface area contributed by atoms with E-state index in [1.807, 2.05) is 12.1 Å². The Labute approximate surface area is 122 Å². The molecule has 3 amide bonds. The Hall–Kier alpha value is -2.63. The third kappa shape index (κ3) is 4.17. The van der Waals surface area contributed by atoms with E-state index >= 15 is 0 Å². The SMILES string of the molecule is COc1cccc(/C=C/C(=O)NC2CCC(=O)NC2=O)c1. The lowest BCUT2D eigenvalue weighted by Gasteiger charge is -2.20. The molecule has 0 aliphatic carbocycles. The lowest BCUT2D eigenvalue weighted by atomic mass is 10.1. The molecule has 2 N–H and O–H groups in total. The van der Waals surface area contributed by atoms with Gasteiger partial charge in [0.2, 0.25) is 17.7 Å². The lowest BCUT2D eigenvalue weighted by molar-refractivity contribution is -0.136. The van der Waals surface area contributed by atoms with Crippen LogP contribution in [-0.2, 0) is 14.4 Å². The van der Waals surface area contributed by atoms with Crippen LogP contribution >= 0.6 is 0 Å². The van der Waals surface area contributed by atoms with E-state index < -0.39 is 11.9 Å². The van der Waals surface area contributed by atoms with Crippen molar-refractivity contribution in [2.45, 2.75) is 18.9 Å². The van der Waals surface area contributed by atoms with Gasteiger partial charge in [0, 0.05) is 12.5 Å². The van der Waals surface area contributed by atoms with Gasteiger partial charge < -0.3 is 10.1 Å². The number of hydrogen-bond donors (Lipinski definition) is 2. The summed E-state index contributed by atoms with van der Waals surface area (Å²) in [6.07, 6.45) is 3.53. The van der Waals surface area contributed by atoms with Gasteiger partial charge in [-0.1, -0.05) is 12.1 Å². The van der Waals surface area contributed by atoms with Gasteiger partial charge in [0.15, 0.2) is 0 Å². The van der Waals surface area contributed by atoms with Crippen molar-refractivity contribution >= 4 is 23.8 Å².